The molecule has 0 aliphatic heterocycles. The van der Waals surface area contributed by atoms with E-state index in [1.807, 2.05) is 26.8 Å². The van der Waals surface area contributed by atoms with Gasteiger partial charge in [0.2, 0.25) is 0 Å². The Morgan fingerprint density at radius 1 is 1.00 bits per heavy atom. The van der Waals surface area contributed by atoms with Crippen molar-refractivity contribution in [3.63, 3.8) is 0 Å². The highest BCUT2D eigenvalue weighted by Crippen LogP contribution is 2.39. The van der Waals surface area contributed by atoms with Gasteiger partial charge >= 0.3 is 6.09 Å². The Morgan fingerprint density at radius 3 is 2.36 bits per heavy atom. The Kier molecular flexibility index (Phi) is 10.0. The van der Waals surface area contributed by atoms with Crippen molar-refractivity contribution in [1.29, 1.82) is 0 Å². The number of carbonyl (C=O) groups is 2. The molecule has 1 heterocycles. The van der Waals surface area contributed by atoms with Crippen LogP contribution in [0.15, 0.2) is 48.8 Å². The van der Waals surface area contributed by atoms with E-state index in [0.29, 0.717) is 18.0 Å². The number of benzene rings is 2. The Morgan fingerprint density at radius 2 is 1.70 bits per heavy atom. The molecule has 0 bridgehead atoms. The molecule has 2 amide bonds. The number of rotatable bonds is 7. The van der Waals surface area contributed by atoms with E-state index in [1.165, 1.54) is 25.1 Å². The van der Waals surface area contributed by atoms with Gasteiger partial charge in [-0.1, -0.05) is 13.0 Å². The molecule has 10 heteroatoms. The van der Waals surface area contributed by atoms with E-state index in [4.69, 9.17) is 4.74 Å². The summed E-state index contributed by atoms with van der Waals surface area (Å²) in [5.41, 5.74) is 0.935. The lowest BCUT2D eigenvalue weighted by Gasteiger charge is -2.35. The predicted molar refractivity (Wildman–Crippen MR) is 167 cm³/mol. The Balaban J connectivity index is 1.61. The Bertz CT molecular complexity index is 1550. The first kappa shape index (κ1) is 32.6. The molecule has 1 aliphatic rings. The summed E-state index contributed by atoms with van der Waals surface area (Å²) in [7, 11) is 1.54. The van der Waals surface area contributed by atoms with Gasteiger partial charge in [-0.15, -0.1) is 0 Å². The van der Waals surface area contributed by atoms with E-state index in [9.17, 15) is 18.4 Å². The first-order chi connectivity index (χ1) is 20.8. The summed E-state index contributed by atoms with van der Waals surface area (Å²) in [4.78, 5) is 30.3. The average molecular weight is 609 g/mol. The van der Waals surface area contributed by atoms with Crippen molar-refractivity contribution in [2.24, 2.45) is 5.92 Å². The van der Waals surface area contributed by atoms with Crippen LogP contribution in [0.2, 0.25) is 0 Å². The number of nitrogens with one attached hydrogen (secondary N) is 3. The first-order valence-electron chi connectivity index (χ1n) is 14.6. The van der Waals surface area contributed by atoms with Crippen LogP contribution in [0.5, 0.6) is 0 Å². The van der Waals surface area contributed by atoms with Crippen LogP contribution in [0.3, 0.4) is 0 Å². The molecule has 2 aromatic carbocycles. The van der Waals surface area contributed by atoms with Crippen LogP contribution in [-0.4, -0.2) is 35.7 Å². The second-order valence-corrected chi connectivity index (χ2v) is 12.3. The van der Waals surface area contributed by atoms with Crippen LogP contribution in [0.25, 0.3) is 11.6 Å². The molecule has 0 spiro atoms. The van der Waals surface area contributed by atoms with E-state index in [0.717, 1.165) is 36.6 Å². The van der Waals surface area contributed by atoms with Gasteiger partial charge in [0.15, 0.2) is 0 Å². The molecule has 3 atom stereocenters. The minimum absolute atomic E-state index is 0.0103. The summed E-state index contributed by atoms with van der Waals surface area (Å²) in [5, 5.41) is 8.81. The topological polar surface area (TPSA) is 92.4 Å². The summed E-state index contributed by atoms with van der Waals surface area (Å²) >= 11 is 0. The maximum atomic E-state index is 15.1. The van der Waals surface area contributed by atoms with Crippen molar-refractivity contribution in [2.45, 2.75) is 71.4 Å². The van der Waals surface area contributed by atoms with E-state index in [2.05, 4.69) is 27.9 Å². The fourth-order valence-electron chi connectivity index (χ4n) is 5.86. The van der Waals surface area contributed by atoms with Crippen molar-refractivity contribution < 1.29 is 27.5 Å². The number of halogens is 3. The largest absolute Gasteiger partial charge is 0.444 e. The molecular weight excluding hydrogens is 569 g/mol. The highest BCUT2D eigenvalue weighted by Gasteiger charge is 2.31. The third-order valence-electron chi connectivity index (χ3n) is 7.61. The summed E-state index contributed by atoms with van der Waals surface area (Å²) in [6, 6.07) is 7.75. The van der Waals surface area contributed by atoms with Gasteiger partial charge in [0.05, 0.1) is 23.1 Å². The number of pyridine rings is 1. The van der Waals surface area contributed by atoms with Gasteiger partial charge in [0.25, 0.3) is 5.91 Å². The Labute approximate surface area is 256 Å². The zero-order valence-corrected chi connectivity index (χ0v) is 25.9. The van der Waals surface area contributed by atoms with E-state index in [1.54, 1.807) is 19.4 Å². The van der Waals surface area contributed by atoms with Crippen molar-refractivity contribution >= 4 is 35.0 Å². The number of alkyl carbamates (subject to hydrolysis) is 1. The quantitative estimate of drug-likeness (QED) is 0.236. The second kappa shape index (κ2) is 13.5. The predicted octanol–water partition coefficient (Wildman–Crippen LogP) is 8.15. The second-order valence-electron chi connectivity index (χ2n) is 12.3. The number of nitrogens with zero attached hydrogens (tertiary/aromatic N) is 1. The van der Waals surface area contributed by atoms with Gasteiger partial charge in [-0.25, -0.2) is 18.0 Å². The molecule has 1 aliphatic carbocycles. The van der Waals surface area contributed by atoms with Crippen LogP contribution in [-0.2, 0) is 4.74 Å². The monoisotopic (exact) mass is 608 g/mol. The third-order valence-corrected chi connectivity index (χ3v) is 7.61. The molecule has 234 valence electrons. The lowest BCUT2D eigenvalue weighted by atomic mass is 9.76. The van der Waals surface area contributed by atoms with Crippen LogP contribution < -0.4 is 16.0 Å². The molecule has 4 rings (SSSR count). The molecule has 7 nitrogen and oxygen atoms in total. The molecule has 1 saturated carbocycles. The molecule has 44 heavy (non-hydrogen) atoms. The molecule has 0 radical (unpaired) electrons. The van der Waals surface area contributed by atoms with Gasteiger partial charge in [0, 0.05) is 30.4 Å². The number of ether oxygens (including phenoxy) is 1. The fourth-order valence-corrected chi connectivity index (χ4v) is 5.86. The number of hydrogen-bond donors (Lipinski definition) is 3. The van der Waals surface area contributed by atoms with E-state index >= 15 is 4.39 Å². The number of amides is 2. The normalized spacial score (nSPS) is 18.8. The maximum absolute atomic E-state index is 15.1. The molecule has 1 aromatic heterocycles. The number of allylic oxidation sites excluding steroid dienone is 1. The maximum Gasteiger partial charge on any atom is 0.407 e. The van der Waals surface area contributed by atoms with Gasteiger partial charge in [-0.05, 0) is 106 Å². The molecule has 3 N–H and O–H groups in total. The lowest BCUT2D eigenvalue weighted by Crippen LogP contribution is -2.42. The van der Waals surface area contributed by atoms with Crippen molar-refractivity contribution in [3.05, 3.63) is 88.5 Å². The summed E-state index contributed by atoms with van der Waals surface area (Å²) in [6.45, 7) is 9.04. The molecule has 0 saturated heterocycles. The molecule has 3 aromatic rings. The van der Waals surface area contributed by atoms with Gasteiger partial charge in [-0.2, -0.15) is 0 Å². The third kappa shape index (κ3) is 7.78. The zero-order chi connectivity index (χ0) is 32.2. The number of aromatic nitrogens is 1. The van der Waals surface area contributed by atoms with E-state index < -0.39 is 35.1 Å². The Hall–Kier alpha value is -4.34. The SMILES string of the molecule is CNc1c(C(=O)Nc2cnccc2[C@H]2CC(NC(=O)OC(C)(C)C)C[C@@H](C)C2)ccc(F)c1/C=C(\C)c1c(F)cccc1F. The average Bonchev–Trinajstić information content (AvgIpc) is 2.92. The summed E-state index contributed by atoms with van der Waals surface area (Å²) in [5.74, 6) is -2.41. The van der Waals surface area contributed by atoms with Crippen LogP contribution in [0.4, 0.5) is 29.3 Å². The fraction of sp³-hybridized carbons (Fsp3) is 0.382. The standard InChI is InChI=1S/C34H39F3N4O3/c1-19-14-21(17-22(15-19)40-33(43)44-34(3,4)5)23-12-13-39-18-29(23)41-32(42)24-10-11-26(35)25(31(24)38-6)16-20(2)30-27(36)8-7-9-28(30)37/h7-13,16,18-19,21-22,38H,14-15,17H2,1-6H3,(H,40,43)(H,41,42)/b20-16+/t19-,21+,22?/m0/s1. The van der Waals surface area contributed by atoms with Gasteiger partial charge < -0.3 is 20.7 Å². The minimum Gasteiger partial charge on any atom is -0.444 e. The van der Waals surface area contributed by atoms with Gasteiger partial charge in [-0.3, -0.25) is 9.78 Å². The van der Waals surface area contributed by atoms with Crippen LogP contribution in [0, 0.1) is 23.4 Å². The molecule has 1 unspecified atom stereocenters. The summed E-state index contributed by atoms with van der Waals surface area (Å²) < 4.78 is 49.4. The summed E-state index contributed by atoms with van der Waals surface area (Å²) in [6.07, 6.45) is 6.37. The number of hydrogen-bond acceptors (Lipinski definition) is 5. The van der Waals surface area contributed by atoms with Gasteiger partial charge in [0.1, 0.15) is 23.1 Å². The highest BCUT2D eigenvalue weighted by atomic mass is 19.1. The van der Waals surface area contributed by atoms with E-state index in [-0.39, 0.29) is 39.9 Å². The molecular formula is C34H39F3N4O3. The lowest BCUT2D eigenvalue weighted by molar-refractivity contribution is 0.0482. The highest BCUT2D eigenvalue weighted by molar-refractivity contribution is 6.09. The van der Waals surface area contributed by atoms with Crippen LogP contribution in [0.1, 0.15) is 86.8 Å². The zero-order valence-electron chi connectivity index (χ0n) is 25.9. The van der Waals surface area contributed by atoms with Crippen molar-refractivity contribution in [2.75, 3.05) is 17.7 Å². The molecule has 1 fully saturated rings. The number of anilines is 2. The van der Waals surface area contributed by atoms with Crippen LogP contribution >= 0.6 is 0 Å². The smallest absolute Gasteiger partial charge is 0.407 e. The van der Waals surface area contributed by atoms with Crippen molar-refractivity contribution in [1.82, 2.24) is 10.3 Å². The first-order valence-corrected chi connectivity index (χ1v) is 14.6. The minimum atomic E-state index is -0.774. The number of carbonyl (C=O) groups excluding carboxylic acids is 2. The van der Waals surface area contributed by atoms with Crippen molar-refractivity contribution in [3.8, 4) is 0 Å².